The molecule has 2 heterocycles. The highest BCUT2D eigenvalue weighted by molar-refractivity contribution is 5.98. The maximum atomic E-state index is 11.2. The molecule has 20 heavy (non-hydrogen) atoms. The summed E-state index contributed by atoms with van der Waals surface area (Å²) in [5.74, 6) is -0.0116. The standard InChI is InChI=1S/C13H18N6O/c1-3-11-8(7-19(2)18-11)5-16-12-4-9(13(15)20)10(14)6-17-12/h4,6-7H,3,5,14H2,1-2H3,(H2,15,20)(H,16,17). The van der Waals surface area contributed by atoms with Gasteiger partial charge in [0.2, 0.25) is 0 Å². The molecular formula is C13H18N6O. The van der Waals surface area contributed by atoms with Crippen molar-refractivity contribution in [1.29, 1.82) is 0 Å². The molecule has 0 aliphatic heterocycles. The summed E-state index contributed by atoms with van der Waals surface area (Å²) in [5.41, 5.74) is 13.6. The third-order valence-corrected chi connectivity index (χ3v) is 2.99. The van der Waals surface area contributed by atoms with Crippen molar-refractivity contribution >= 4 is 17.4 Å². The molecule has 0 unspecified atom stereocenters. The second kappa shape index (κ2) is 5.60. The van der Waals surface area contributed by atoms with Crippen LogP contribution in [0.2, 0.25) is 0 Å². The number of nitrogens with two attached hydrogens (primary N) is 2. The maximum Gasteiger partial charge on any atom is 0.250 e. The van der Waals surface area contributed by atoms with E-state index in [1.165, 1.54) is 6.20 Å². The minimum Gasteiger partial charge on any atom is -0.397 e. The van der Waals surface area contributed by atoms with Gasteiger partial charge in [-0.05, 0) is 12.5 Å². The Kier molecular flexibility index (Phi) is 3.88. The van der Waals surface area contributed by atoms with Crippen molar-refractivity contribution in [2.45, 2.75) is 19.9 Å². The van der Waals surface area contributed by atoms with Gasteiger partial charge >= 0.3 is 0 Å². The first kappa shape index (κ1) is 13.9. The Morgan fingerprint density at radius 3 is 2.90 bits per heavy atom. The molecular weight excluding hydrogens is 256 g/mol. The average Bonchev–Trinajstić information content (AvgIpc) is 2.77. The van der Waals surface area contributed by atoms with E-state index in [-0.39, 0.29) is 11.3 Å². The van der Waals surface area contributed by atoms with Crippen molar-refractivity contribution in [2.24, 2.45) is 12.8 Å². The van der Waals surface area contributed by atoms with Crippen molar-refractivity contribution in [3.63, 3.8) is 0 Å². The van der Waals surface area contributed by atoms with Crippen molar-refractivity contribution in [3.8, 4) is 0 Å². The number of rotatable bonds is 5. The summed E-state index contributed by atoms with van der Waals surface area (Å²) in [7, 11) is 1.88. The first-order valence-electron chi connectivity index (χ1n) is 6.31. The highest BCUT2D eigenvalue weighted by Gasteiger charge is 2.09. The normalized spacial score (nSPS) is 10.5. The lowest BCUT2D eigenvalue weighted by atomic mass is 10.2. The fraction of sp³-hybridized carbons (Fsp3) is 0.308. The van der Waals surface area contributed by atoms with Gasteiger partial charge in [-0.15, -0.1) is 0 Å². The summed E-state index contributed by atoms with van der Waals surface area (Å²) < 4.78 is 1.78. The molecule has 0 fully saturated rings. The third-order valence-electron chi connectivity index (χ3n) is 2.99. The fourth-order valence-electron chi connectivity index (χ4n) is 1.99. The van der Waals surface area contributed by atoms with Crippen molar-refractivity contribution in [2.75, 3.05) is 11.1 Å². The molecule has 7 heteroatoms. The molecule has 0 saturated heterocycles. The highest BCUT2D eigenvalue weighted by atomic mass is 16.1. The molecule has 0 bridgehead atoms. The van der Waals surface area contributed by atoms with E-state index in [2.05, 4.69) is 22.3 Å². The lowest BCUT2D eigenvalue weighted by molar-refractivity contribution is 0.100. The summed E-state index contributed by atoms with van der Waals surface area (Å²) >= 11 is 0. The number of carbonyl (C=O) groups excluding carboxylic acids is 1. The summed E-state index contributed by atoms with van der Waals surface area (Å²) in [5, 5.41) is 7.51. The van der Waals surface area contributed by atoms with E-state index in [1.807, 2.05) is 13.2 Å². The molecule has 0 radical (unpaired) electrons. The predicted octanol–water partition coefficient (Wildman–Crippen LogP) is 0.671. The Hall–Kier alpha value is -2.57. The maximum absolute atomic E-state index is 11.2. The van der Waals surface area contributed by atoms with Crippen LogP contribution in [-0.2, 0) is 20.0 Å². The van der Waals surface area contributed by atoms with E-state index in [0.29, 0.717) is 12.4 Å². The molecule has 0 aromatic carbocycles. The van der Waals surface area contributed by atoms with Crippen molar-refractivity contribution in [3.05, 3.63) is 35.3 Å². The first-order chi connectivity index (χ1) is 9.51. The number of anilines is 2. The van der Waals surface area contributed by atoms with Crippen molar-refractivity contribution in [1.82, 2.24) is 14.8 Å². The van der Waals surface area contributed by atoms with Crippen LogP contribution in [0.3, 0.4) is 0 Å². The van der Waals surface area contributed by atoms with Crippen LogP contribution in [0.4, 0.5) is 11.5 Å². The number of nitrogen functional groups attached to an aromatic ring is 1. The Labute approximate surface area is 117 Å². The number of aryl methyl sites for hydroxylation is 2. The number of hydrogen-bond acceptors (Lipinski definition) is 5. The van der Waals surface area contributed by atoms with Gasteiger partial charge < -0.3 is 16.8 Å². The molecule has 5 N–H and O–H groups in total. The monoisotopic (exact) mass is 274 g/mol. The number of amides is 1. The Morgan fingerprint density at radius 2 is 2.25 bits per heavy atom. The predicted molar refractivity (Wildman–Crippen MR) is 77.1 cm³/mol. The van der Waals surface area contributed by atoms with E-state index in [1.54, 1.807) is 10.7 Å². The second-order valence-corrected chi connectivity index (χ2v) is 4.50. The molecule has 0 spiro atoms. The van der Waals surface area contributed by atoms with Crippen molar-refractivity contribution < 1.29 is 4.79 Å². The van der Waals surface area contributed by atoms with Gasteiger partial charge in [0.15, 0.2) is 0 Å². The Bertz CT molecular complexity index is 634. The Morgan fingerprint density at radius 1 is 1.50 bits per heavy atom. The van der Waals surface area contributed by atoms with Crippen LogP contribution in [0, 0.1) is 0 Å². The molecule has 2 aromatic rings. The van der Waals surface area contributed by atoms with Gasteiger partial charge in [0.1, 0.15) is 5.82 Å². The largest absolute Gasteiger partial charge is 0.397 e. The van der Waals surface area contributed by atoms with Gasteiger partial charge in [-0.1, -0.05) is 6.92 Å². The smallest absolute Gasteiger partial charge is 0.250 e. The number of nitrogens with one attached hydrogen (secondary N) is 1. The molecule has 2 rings (SSSR count). The zero-order chi connectivity index (χ0) is 14.7. The average molecular weight is 274 g/mol. The van der Waals surface area contributed by atoms with Crippen LogP contribution in [-0.4, -0.2) is 20.7 Å². The Balaban J connectivity index is 2.14. The van der Waals surface area contributed by atoms with Gasteiger partial charge in [-0.25, -0.2) is 4.98 Å². The number of pyridine rings is 1. The summed E-state index contributed by atoms with van der Waals surface area (Å²) in [4.78, 5) is 15.4. The minimum absolute atomic E-state index is 0.268. The fourth-order valence-corrected chi connectivity index (χ4v) is 1.99. The first-order valence-corrected chi connectivity index (χ1v) is 6.31. The summed E-state index contributed by atoms with van der Waals surface area (Å²) in [6.45, 7) is 2.63. The summed E-state index contributed by atoms with van der Waals surface area (Å²) in [6.07, 6.45) is 4.24. The van der Waals surface area contributed by atoms with Gasteiger partial charge in [-0.3, -0.25) is 9.48 Å². The van der Waals surface area contributed by atoms with E-state index in [0.717, 1.165) is 17.7 Å². The third kappa shape index (κ3) is 2.87. The molecule has 0 aliphatic rings. The lowest BCUT2D eigenvalue weighted by Gasteiger charge is -2.07. The van der Waals surface area contributed by atoms with E-state index in [4.69, 9.17) is 11.5 Å². The zero-order valence-corrected chi connectivity index (χ0v) is 11.6. The summed E-state index contributed by atoms with van der Waals surface area (Å²) in [6, 6.07) is 1.56. The number of hydrogen-bond donors (Lipinski definition) is 3. The molecule has 0 saturated carbocycles. The van der Waals surface area contributed by atoms with Crippen LogP contribution < -0.4 is 16.8 Å². The zero-order valence-electron chi connectivity index (χ0n) is 11.6. The lowest BCUT2D eigenvalue weighted by Crippen LogP contribution is -2.14. The van der Waals surface area contributed by atoms with Crippen LogP contribution in [0.25, 0.3) is 0 Å². The molecule has 0 aliphatic carbocycles. The van der Waals surface area contributed by atoms with Gasteiger partial charge in [-0.2, -0.15) is 5.10 Å². The number of nitrogens with zero attached hydrogens (tertiary/aromatic N) is 3. The highest BCUT2D eigenvalue weighted by Crippen LogP contribution is 2.16. The molecule has 106 valence electrons. The van der Waals surface area contributed by atoms with Crippen LogP contribution in [0.15, 0.2) is 18.5 Å². The van der Waals surface area contributed by atoms with E-state index in [9.17, 15) is 4.79 Å². The minimum atomic E-state index is -0.566. The van der Waals surface area contributed by atoms with E-state index < -0.39 is 5.91 Å². The number of carbonyl (C=O) groups is 1. The molecule has 1 amide bonds. The SMILES string of the molecule is CCc1nn(C)cc1CNc1cc(C(N)=O)c(N)cn1. The quantitative estimate of drug-likeness (QED) is 0.742. The van der Waals surface area contributed by atoms with Gasteiger partial charge in [0.05, 0.1) is 23.1 Å². The molecule has 0 atom stereocenters. The topological polar surface area (TPSA) is 112 Å². The molecule has 2 aromatic heterocycles. The van der Waals surface area contributed by atoms with Crippen LogP contribution >= 0.6 is 0 Å². The second-order valence-electron chi connectivity index (χ2n) is 4.50. The van der Waals surface area contributed by atoms with Gasteiger partial charge in [0.25, 0.3) is 5.91 Å². The molecule has 7 nitrogen and oxygen atoms in total. The van der Waals surface area contributed by atoms with E-state index >= 15 is 0 Å². The van der Waals surface area contributed by atoms with Gasteiger partial charge in [0, 0.05) is 25.4 Å². The van der Waals surface area contributed by atoms with Crippen LogP contribution in [0.5, 0.6) is 0 Å². The number of primary amides is 1. The number of aromatic nitrogens is 3. The van der Waals surface area contributed by atoms with Crippen LogP contribution in [0.1, 0.15) is 28.5 Å².